The molecule has 2 aliphatic rings. The predicted octanol–water partition coefficient (Wildman–Crippen LogP) is 10.4. The van der Waals surface area contributed by atoms with E-state index in [1.807, 2.05) is 0 Å². The van der Waals surface area contributed by atoms with Gasteiger partial charge in [0, 0.05) is 20.3 Å². The van der Waals surface area contributed by atoms with E-state index >= 15 is 0 Å². The molecule has 2 aliphatic carbocycles. The van der Waals surface area contributed by atoms with Crippen LogP contribution in [0.2, 0.25) is 0 Å². The van der Waals surface area contributed by atoms with Crippen molar-refractivity contribution in [2.45, 2.75) is 124 Å². The van der Waals surface area contributed by atoms with Crippen molar-refractivity contribution in [3.05, 3.63) is 70.8 Å². The molecule has 0 aliphatic heterocycles. The van der Waals surface area contributed by atoms with Gasteiger partial charge in [0.05, 0.1) is 0 Å². The summed E-state index contributed by atoms with van der Waals surface area (Å²) in [6.45, 7) is 12.9. The van der Waals surface area contributed by atoms with Crippen molar-refractivity contribution < 1.29 is 14.6 Å². The largest absolute Gasteiger partial charge is 0.396 e. The summed E-state index contributed by atoms with van der Waals surface area (Å²) in [6.07, 6.45) is 19.1. The maximum Gasteiger partial charge on any atom is 0.145 e. The topological polar surface area (TPSA) is 46.5 Å². The lowest BCUT2D eigenvalue weighted by atomic mass is 9.67. The van der Waals surface area contributed by atoms with Gasteiger partial charge in [0.2, 0.25) is 0 Å². The van der Waals surface area contributed by atoms with Crippen LogP contribution >= 0.6 is 0 Å². The maximum absolute atomic E-state index is 9.41. The Morgan fingerprint density at radius 2 is 1.66 bits per heavy atom. The molecule has 0 spiro atoms. The van der Waals surface area contributed by atoms with Gasteiger partial charge in [0.25, 0.3) is 0 Å². The van der Waals surface area contributed by atoms with Crippen LogP contribution in [0.15, 0.2) is 48.6 Å². The van der Waals surface area contributed by atoms with Crippen LogP contribution in [0, 0.1) is 30.6 Å². The number of allylic oxidation sites excluding steroid dienone is 1. The minimum Gasteiger partial charge on any atom is -0.396 e. The van der Waals surface area contributed by atoms with Crippen LogP contribution < -0.4 is 0 Å². The van der Waals surface area contributed by atoms with Crippen molar-refractivity contribution in [3.63, 3.8) is 0 Å². The Morgan fingerprint density at radius 3 is 2.20 bits per heavy atom. The number of aliphatic hydroxyl groups is 1. The van der Waals surface area contributed by atoms with Gasteiger partial charge in [-0.15, -0.1) is 0 Å². The van der Waals surface area contributed by atoms with E-state index in [0.29, 0.717) is 11.5 Å². The minimum absolute atomic E-state index is 0.260. The molecule has 0 aromatic heterocycles. The Hall–Kier alpha value is -2.23. The van der Waals surface area contributed by atoms with Crippen molar-refractivity contribution >= 4 is 6.29 Å². The molecule has 0 saturated heterocycles. The first-order chi connectivity index (χ1) is 21.3. The van der Waals surface area contributed by atoms with E-state index < -0.39 is 0 Å². The lowest BCUT2D eigenvalue weighted by Gasteiger charge is -2.38. The highest BCUT2D eigenvalue weighted by atomic mass is 16.5. The standard InChI is InChI=1S/C37H56O2.C4H6O/c1-5-8-28-10-13-32(14-11-28)33-15-17-34(18-16-33)36-21-19-35(23-27(36)3)37-20-12-29(25-31(37)6-2)24-30(26-39-4)9-7-22-38;1-4(2)3-5/h12,19-21,23,25,28,30,32-34,38H,5-11,13-18,22,24,26H2,1-4H3;3H,1H2,2H3. The second-order valence-electron chi connectivity index (χ2n) is 14.0. The molecule has 244 valence electrons. The summed E-state index contributed by atoms with van der Waals surface area (Å²) in [7, 11) is 1.78. The number of benzene rings is 2. The molecular weight excluding hydrogens is 540 g/mol. The second kappa shape index (κ2) is 19.3. The predicted molar refractivity (Wildman–Crippen MR) is 187 cm³/mol. The highest BCUT2D eigenvalue weighted by Gasteiger charge is 2.31. The van der Waals surface area contributed by atoms with Crippen LogP contribution in [0.1, 0.15) is 126 Å². The van der Waals surface area contributed by atoms with Gasteiger partial charge in [-0.2, -0.15) is 0 Å². The van der Waals surface area contributed by atoms with E-state index in [4.69, 9.17) is 4.74 Å². The van der Waals surface area contributed by atoms with Gasteiger partial charge in [0.1, 0.15) is 6.29 Å². The number of carbonyl (C=O) groups excluding carboxylic acids is 1. The Balaban J connectivity index is 0.000000978. The molecule has 0 amide bonds. The van der Waals surface area contributed by atoms with Crippen LogP contribution in [-0.4, -0.2) is 31.7 Å². The zero-order valence-corrected chi connectivity index (χ0v) is 28.7. The molecule has 0 radical (unpaired) electrons. The Bertz CT molecular complexity index is 1130. The van der Waals surface area contributed by atoms with Gasteiger partial charge in [-0.3, -0.25) is 4.79 Å². The number of aliphatic hydroxyl groups excluding tert-OH is 1. The Morgan fingerprint density at radius 1 is 1.00 bits per heavy atom. The lowest BCUT2D eigenvalue weighted by Crippen LogP contribution is -2.25. The van der Waals surface area contributed by atoms with Gasteiger partial charge in [0.15, 0.2) is 0 Å². The minimum atomic E-state index is 0.260. The summed E-state index contributed by atoms with van der Waals surface area (Å²) in [4.78, 5) is 9.41. The summed E-state index contributed by atoms with van der Waals surface area (Å²) >= 11 is 0. The smallest absolute Gasteiger partial charge is 0.145 e. The number of rotatable bonds is 14. The zero-order chi connectivity index (χ0) is 31.9. The zero-order valence-electron chi connectivity index (χ0n) is 28.7. The first kappa shape index (κ1) is 36.2. The van der Waals surface area contributed by atoms with Crippen LogP contribution in [0.3, 0.4) is 0 Å². The fourth-order valence-corrected chi connectivity index (χ4v) is 8.10. The highest BCUT2D eigenvalue weighted by molar-refractivity contribution is 5.70. The summed E-state index contributed by atoms with van der Waals surface area (Å²) in [5.74, 6) is 4.23. The van der Waals surface area contributed by atoms with Crippen LogP contribution in [-0.2, 0) is 22.4 Å². The molecule has 2 saturated carbocycles. The molecule has 0 heterocycles. The monoisotopic (exact) mass is 602 g/mol. The van der Waals surface area contributed by atoms with Gasteiger partial charge < -0.3 is 9.84 Å². The van der Waals surface area contributed by atoms with Crippen LogP contribution in [0.25, 0.3) is 11.1 Å². The molecule has 1 N–H and O–H groups in total. The van der Waals surface area contributed by atoms with Crippen molar-refractivity contribution in [3.8, 4) is 11.1 Å². The van der Waals surface area contributed by atoms with Crippen molar-refractivity contribution in [1.82, 2.24) is 0 Å². The fourth-order valence-electron chi connectivity index (χ4n) is 8.10. The number of methoxy groups -OCH3 is 1. The Kier molecular flexibility index (Phi) is 15.9. The van der Waals surface area contributed by atoms with E-state index in [-0.39, 0.29) is 6.61 Å². The number of hydrogen-bond acceptors (Lipinski definition) is 3. The third-order valence-corrected chi connectivity index (χ3v) is 10.5. The molecule has 3 heteroatoms. The Labute approximate surface area is 269 Å². The molecule has 2 aromatic carbocycles. The summed E-state index contributed by atoms with van der Waals surface area (Å²) in [5.41, 5.74) is 9.23. The number of carbonyl (C=O) groups is 1. The van der Waals surface area contributed by atoms with E-state index in [1.54, 1.807) is 19.6 Å². The van der Waals surface area contributed by atoms with Crippen molar-refractivity contribution in [1.29, 1.82) is 0 Å². The molecule has 4 rings (SSSR count). The average Bonchev–Trinajstić information content (AvgIpc) is 3.04. The van der Waals surface area contributed by atoms with Gasteiger partial charge in [-0.05, 0) is 147 Å². The molecule has 1 atom stereocenters. The van der Waals surface area contributed by atoms with Gasteiger partial charge >= 0.3 is 0 Å². The van der Waals surface area contributed by atoms with Gasteiger partial charge in [-0.25, -0.2) is 0 Å². The third kappa shape index (κ3) is 11.0. The second-order valence-corrected chi connectivity index (χ2v) is 14.0. The molecule has 2 aromatic rings. The number of hydrogen-bond donors (Lipinski definition) is 1. The first-order valence-electron chi connectivity index (χ1n) is 17.8. The van der Waals surface area contributed by atoms with E-state index in [9.17, 15) is 9.90 Å². The number of aryl methyl sites for hydroxylation is 2. The molecule has 0 bridgehead atoms. The van der Waals surface area contributed by atoms with Crippen molar-refractivity contribution in [2.75, 3.05) is 20.3 Å². The fraction of sp³-hybridized carbons (Fsp3) is 0.634. The van der Waals surface area contributed by atoms with E-state index in [1.165, 1.54) is 92.0 Å². The maximum atomic E-state index is 9.41. The SMILES string of the molecule is C=C(C)C=O.CCCC1CCC(C2CCC(c3ccc(-c4ccc(CC(CCCO)COC)cc4CC)cc3C)CC2)CC1. The van der Waals surface area contributed by atoms with Crippen LogP contribution in [0.4, 0.5) is 0 Å². The normalized spacial score (nSPS) is 22.5. The summed E-state index contributed by atoms with van der Waals surface area (Å²) in [6, 6.07) is 14.4. The highest BCUT2D eigenvalue weighted by Crippen LogP contribution is 2.45. The lowest BCUT2D eigenvalue weighted by molar-refractivity contribution is -0.104. The number of ether oxygens (including phenoxy) is 1. The van der Waals surface area contributed by atoms with Gasteiger partial charge in [-0.1, -0.05) is 82.5 Å². The molecule has 2 fully saturated rings. The molecule has 3 nitrogen and oxygen atoms in total. The summed E-state index contributed by atoms with van der Waals surface area (Å²) in [5, 5.41) is 9.27. The summed E-state index contributed by atoms with van der Waals surface area (Å²) < 4.78 is 5.46. The molecule has 44 heavy (non-hydrogen) atoms. The third-order valence-electron chi connectivity index (χ3n) is 10.5. The molecular formula is C41H62O3. The molecule has 1 unspecified atom stereocenters. The quantitative estimate of drug-likeness (QED) is 0.173. The average molecular weight is 603 g/mol. The first-order valence-corrected chi connectivity index (χ1v) is 17.8. The van der Waals surface area contributed by atoms with Crippen LogP contribution in [0.5, 0.6) is 0 Å². The number of aldehydes is 1. The van der Waals surface area contributed by atoms with E-state index in [2.05, 4.69) is 63.7 Å². The van der Waals surface area contributed by atoms with Crippen molar-refractivity contribution in [2.24, 2.45) is 23.7 Å². The van der Waals surface area contributed by atoms with E-state index in [0.717, 1.165) is 62.2 Å².